The fraction of sp³-hybridized carbons (Fsp3) is 0.129. The zero-order valence-corrected chi connectivity index (χ0v) is 39.1. The van der Waals surface area contributed by atoms with E-state index in [0.717, 1.165) is 25.7 Å². The lowest BCUT2D eigenvalue weighted by Gasteiger charge is -2.30. The first-order chi connectivity index (χ1) is 31.3. The molecule has 9 aromatic carbocycles. The van der Waals surface area contributed by atoms with Crippen molar-refractivity contribution in [1.82, 2.24) is 0 Å². The summed E-state index contributed by atoms with van der Waals surface area (Å²) in [5.41, 5.74) is 16.9. The van der Waals surface area contributed by atoms with Gasteiger partial charge in [0.25, 0.3) is 0 Å². The van der Waals surface area contributed by atoms with E-state index in [4.69, 9.17) is 0 Å². The Balaban J connectivity index is 0.889. The van der Waals surface area contributed by atoms with E-state index in [1.54, 1.807) is 0 Å². The quantitative estimate of drug-likeness (QED) is 0.115. The highest BCUT2D eigenvalue weighted by atomic mass is 28.3. The second-order valence-electron chi connectivity index (χ2n) is 19.8. The van der Waals surface area contributed by atoms with Gasteiger partial charge in [-0.1, -0.05) is 219 Å². The molecule has 0 spiro atoms. The molecule has 306 valence electrons. The molecule has 0 aromatic heterocycles. The standard InChI is InChI=1S/C62H50Si2/c1-63(2,55-37-29-45-21-19-39-11-9-13-41-27-35-53(55)61(45)57(39)41)47-31-23-43(24-32-47)59-49-15-5-7-17-51(49)60(52-18-8-6-16-50(52)59)44-25-33-48(34-26-44)64(3,4)56-38-30-46-22-20-40-12-10-14-42-28-36-54(56)62(46)58(40)42/h5-10,13-20,23-38H,11-12,21-22H2,1-4H3. The minimum atomic E-state index is -2.07. The van der Waals surface area contributed by atoms with Gasteiger partial charge >= 0.3 is 0 Å². The lowest BCUT2D eigenvalue weighted by atomic mass is 9.81. The summed E-state index contributed by atoms with van der Waals surface area (Å²) in [6.45, 7) is 10.2. The Labute approximate surface area is 378 Å². The summed E-state index contributed by atoms with van der Waals surface area (Å²) in [7, 11) is -4.14. The number of hydrogen-bond acceptors (Lipinski definition) is 0. The Morgan fingerprint density at radius 1 is 0.344 bits per heavy atom. The van der Waals surface area contributed by atoms with Crippen molar-refractivity contribution < 1.29 is 0 Å². The van der Waals surface area contributed by atoms with Gasteiger partial charge in [0, 0.05) is 0 Å². The van der Waals surface area contributed by atoms with Crippen LogP contribution in [0.4, 0.5) is 0 Å². The molecule has 0 unspecified atom stereocenters. The molecule has 0 fully saturated rings. The molecule has 0 atom stereocenters. The van der Waals surface area contributed by atoms with Gasteiger partial charge in [0.1, 0.15) is 16.1 Å². The Kier molecular flexibility index (Phi) is 8.27. The highest BCUT2D eigenvalue weighted by Gasteiger charge is 2.33. The zero-order chi connectivity index (χ0) is 42.9. The highest BCUT2D eigenvalue weighted by molar-refractivity contribution is 7.02. The number of fused-ring (bicyclic) bond motifs is 2. The molecular weight excluding hydrogens is 801 g/mol. The first kappa shape index (κ1) is 37.9. The lowest BCUT2D eigenvalue weighted by molar-refractivity contribution is 1.23. The molecule has 0 amide bonds. The predicted octanol–water partition coefficient (Wildman–Crippen LogP) is 14.0. The Bertz CT molecular complexity index is 3330. The van der Waals surface area contributed by atoms with Gasteiger partial charge in [-0.05, 0) is 146 Å². The van der Waals surface area contributed by atoms with E-state index >= 15 is 0 Å². The molecule has 64 heavy (non-hydrogen) atoms. The van der Waals surface area contributed by atoms with Crippen LogP contribution < -0.4 is 20.7 Å². The van der Waals surface area contributed by atoms with Crippen molar-refractivity contribution in [2.45, 2.75) is 51.9 Å². The first-order valence-corrected chi connectivity index (χ1v) is 29.3. The van der Waals surface area contributed by atoms with Crippen molar-refractivity contribution in [1.29, 1.82) is 0 Å². The molecular formula is C62H50Si2. The summed E-state index contributed by atoms with van der Waals surface area (Å²) in [6, 6.07) is 57.0. The Hall–Kier alpha value is -6.59. The first-order valence-electron chi connectivity index (χ1n) is 23.3. The van der Waals surface area contributed by atoms with Gasteiger partial charge in [-0.2, -0.15) is 0 Å². The van der Waals surface area contributed by atoms with E-state index in [2.05, 4.69) is 208 Å². The molecule has 2 heteroatoms. The third-order valence-electron chi connectivity index (χ3n) is 15.7. The van der Waals surface area contributed by atoms with Crippen LogP contribution in [0.15, 0.2) is 170 Å². The maximum Gasteiger partial charge on any atom is 0.113 e. The monoisotopic (exact) mass is 850 g/mol. The van der Waals surface area contributed by atoms with Crippen molar-refractivity contribution in [3.63, 3.8) is 0 Å². The predicted molar refractivity (Wildman–Crippen MR) is 284 cm³/mol. The van der Waals surface area contributed by atoms with E-state index in [-0.39, 0.29) is 0 Å². The van der Waals surface area contributed by atoms with E-state index in [1.165, 1.54) is 131 Å². The van der Waals surface area contributed by atoms with E-state index in [0.29, 0.717) is 0 Å². The summed E-state index contributed by atoms with van der Waals surface area (Å²) in [4.78, 5) is 0. The van der Waals surface area contributed by atoms with Crippen molar-refractivity contribution in [3.05, 3.63) is 203 Å². The van der Waals surface area contributed by atoms with Crippen LogP contribution in [0.3, 0.4) is 0 Å². The van der Waals surface area contributed by atoms with Gasteiger partial charge in [0.15, 0.2) is 0 Å². The summed E-state index contributed by atoms with van der Waals surface area (Å²) in [6.07, 6.45) is 18.4. The molecule has 0 N–H and O–H groups in total. The summed E-state index contributed by atoms with van der Waals surface area (Å²) in [5.74, 6) is 0. The van der Waals surface area contributed by atoms with Crippen LogP contribution in [-0.2, 0) is 12.8 Å². The third-order valence-corrected chi connectivity index (χ3v) is 22.8. The van der Waals surface area contributed by atoms with Gasteiger partial charge in [0.05, 0.1) is 0 Å². The van der Waals surface area contributed by atoms with Crippen LogP contribution in [0.5, 0.6) is 0 Å². The van der Waals surface area contributed by atoms with E-state index in [1.807, 2.05) is 0 Å². The molecule has 9 aromatic rings. The van der Waals surface area contributed by atoms with Crippen molar-refractivity contribution in [3.8, 4) is 22.3 Å². The number of allylic oxidation sites excluding steroid dienone is 6. The second-order valence-corrected chi connectivity index (χ2v) is 28.5. The number of hydrogen-bond donors (Lipinski definition) is 0. The zero-order valence-electron chi connectivity index (χ0n) is 37.1. The van der Waals surface area contributed by atoms with Crippen LogP contribution in [0.2, 0.25) is 26.2 Å². The van der Waals surface area contributed by atoms with Gasteiger partial charge in [-0.25, -0.2) is 0 Å². The summed E-state index contributed by atoms with van der Waals surface area (Å²) < 4.78 is 0. The number of benzene rings is 9. The molecule has 0 heterocycles. The van der Waals surface area contributed by atoms with E-state index in [9.17, 15) is 0 Å². The van der Waals surface area contributed by atoms with Crippen molar-refractivity contribution >= 4 is 103 Å². The molecule has 0 nitrogen and oxygen atoms in total. The van der Waals surface area contributed by atoms with Gasteiger partial charge in [0.2, 0.25) is 0 Å². The Morgan fingerprint density at radius 3 is 1.12 bits per heavy atom. The maximum atomic E-state index is 2.54. The maximum absolute atomic E-state index is 2.54. The minimum absolute atomic E-state index is 1.03. The van der Waals surface area contributed by atoms with Gasteiger partial charge in [-0.15, -0.1) is 0 Å². The molecule has 0 aliphatic heterocycles. The molecule has 0 bridgehead atoms. The number of rotatable bonds is 6. The van der Waals surface area contributed by atoms with Crippen LogP contribution in [0.25, 0.3) is 88.6 Å². The van der Waals surface area contributed by atoms with Crippen molar-refractivity contribution in [2.24, 2.45) is 0 Å². The topological polar surface area (TPSA) is 0 Å². The lowest BCUT2D eigenvalue weighted by Crippen LogP contribution is -2.53. The molecule has 4 aliphatic rings. The van der Waals surface area contributed by atoms with E-state index < -0.39 is 16.1 Å². The third kappa shape index (κ3) is 5.46. The summed E-state index contributed by atoms with van der Waals surface area (Å²) >= 11 is 0. The fourth-order valence-electron chi connectivity index (χ4n) is 12.3. The average Bonchev–Trinajstić information content (AvgIpc) is 3.34. The molecule has 13 rings (SSSR count). The molecule has 0 radical (unpaired) electrons. The van der Waals surface area contributed by atoms with Crippen LogP contribution in [-0.4, -0.2) is 16.1 Å². The average molecular weight is 851 g/mol. The largest absolute Gasteiger partial charge is 0.113 e. The van der Waals surface area contributed by atoms with Crippen LogP contribution in [0.1, 0.15) is 46.2 Å². The fourth-order valence-corrected chi connectivity index (χ4v) is 17.7. The smallest absolute Gasteiger partial charge is 0.0795 e. The Morgan fingerprint density at radius 2 is 0.734 bits per heavy atom. The normalized spacial score (nSPS) is 15.0. The van der Waals surface area contributed by atoms with Crippen molar-refractivity contribution in [2.75, 3.05) is 0 Å². The second kappa shape index (κ2) is 14.0. The molecule has 4 aliphatic carbocycles. The minimum Gasteiger partial charge on any atom is -0.0795 e. The van der Waals surface area contributed by atoms with Crippen LogP contribution >= 0.6 is 0 Å². The SMILES string of the molecule is C[Si](C)(c1ccc(-c2c3ccccc3c(-c3ccc([Si](C)(C)c4ccc5c6c7c(ccc46)C=CCC7=CC5)cc3)c3ccccc23)cc1)c1ccc2c3c4c(ccc13)C=CCC4=CC2. The summed E-state index contributed by atoms with van der Waals surface area (Å²) in [5, 5.41) is 17.1. The van der Waals surface area contributed by atoms with Gasteiger partial charge in [-0.3, -0.25) is 0 Å². The highest BCUT2D eigenvalue weighted by Crippen LogP contribution is 2.45. The molecule has 0 saturated heterocycles. The van der Waals surface area contributed by atoms with Gasteiger partial charge < -0.3 is 0 Å². The van der Waals surface area contributed by atoms with Crippen LogP contribution in [0, 0.1) is 0 Å². The molecule has 0 saturated carbocycles.